The zero-order chi connectivity index (χ0) is 10.9. The van der Waals surface area contributed by atoms with Gasteiger partial charge < -0.3 is 24.0 Å². The van der Waals surface area contributed by atoms with E-state index in [4.69, 9.17) is 0 Å². The summed E-state index contributed by atoms with van der Waals surface area (Å²) in [6.45, 7) is 7.20. The Balaban J connectivity index is 0.00000225. The molecule has 2 heteroatoms. The molecule has 1 aromatic rings. The predicted octanol–water partition coefficient (Wildman–Crippen LogP) is 0.591. The predicted molar refractivity (Wildman–Crippen MR) is 65.5 cm³/mol. The molecule has 0 aliphatic heterocycles. The van der Waals surface area contributed by atoms with E-state index in [1.807, 2.05) is 6.08 Å². The molecule has 16 heavy (non-hydrogen) atoms. The normalized spacial score (nSPS) is 9.56. The van der Waals surface area contributed by atoms with Gasteiger partial charge in [0.25, 0.3) is 0 Å². The van der Waals surface area contributed by atoms with Crippen molar-refractivity contribution in [1.82, 2.24) is 0 Å². The van der Waals surface area contributed by atoms with Crippen LogP contribution in [0.5, 0.6) is 0 Å². The van der Waals surface area contributed by atoms with Gasteiger partial charge in [-0.2, -0.15) is 4.57 Å². The molecule has 0 spiro atoms. The van der Waals surface area contributed by atoms with Crippen LogP contribution >= 0.6 is 0 Å². The quantitative estimate of drug-likeness (QED) is 0.391. The van der Waals surface area contributed by atoms with Gasteiger partial charge in [-0.1, -0.05) is 32.8 Å². The monoisotopic (exact) mass is 331 g/mol. The van der Waals surface area contributed by atoms with Crippen molar-refractivity contribution in [3.05, 3.63) is 36.7 Å². The van der Waals surface area contributed by atoms with Gasteiger partial charge in [0.05, 0.1) is 0 Å². The molecule has 0 radical (unpaired) electrons. The van der Waals surface area contributed by atoms with Crippen molar-refractivity contribution in [3.8, 4) is 0 Å². The van der Waals surface area contributed by atoms with Gasteiger partial charge in [0.15, 0.2) is 6.20 Å². The van der Waals surface area contributed by atoms with E-state index < -0.39 is 0 Å². The third-order valence-electron chi connectivity index (χ3n) is 2.69. The molecule has 0 saturated carbocycles. The smallest absolute Gasteiger partial charge is 0.204 e. The Morgan fingerprint density at radius 3 is 2.62 bits per heavy atom. The van der Waals surface area contributed by atoms with E-state index >= 15 is 0 Å². The van der Waals surface area contributed by atoms with E-state index in [2.05, 4.69) is 42.5 Å². The number of aromatic nitrogens is 1. The first-order chi connectivity index (χ1) is 7.38. The van der Waals surface area contributed by atoms with E-state index in [1.54, 1.807) is 0 Å². The van der Waals surface area contributed by atoms with Gasteiger partial charge in [-0.15, -0.1) is 0 Å². The highest BCUT2D eigenvalue weighted by molar-refractivity contribution is 5.36. The van der Waals surface area contributed by atoms with E-state index in [0.717, 1.165) is 6.54 Å². The number of pyridine rings is 1. The maximum atomic E-state index is 3.83. The maximum Gasteiger partial charge on any atom is 0.204 e. The fourth-order valence-corrected chi connectivity index (χ4v) is 1.76. The minimum Gasteiger partial charge on any atom is -1.00 e. The summed E-state index contributed by atoms with van der Waals surface area (Å²) in [5.41, 5.74) is 1.22. The van der Waals surface area contributed by atoms with Crippen LogP contribution in [0.3, 0.4) is 0 Å². The van der Waals surface area contributed by atoms with Crippen LogP contribution in [0.15, 0.2) is 31.0 Å². The minimum atomic E-state index is 0. The maximum absolute atomic E-state index is 3.83. The molecule has 0 N–H and O–H groups in total. The molecule has 1 rings (SSSR count). The highest BCUT2D eigenvalue weighted by Crippen LogP contribution is 2.02. The molecule has 0 amide bonds. The largest absolute Gasteiger partial charge is 1.00 e. The van der Waals surface area contributed by atoms with Gasteiger partial charge in [-0.3, -0.25) is 0 Å². The van der Waals surface area contributed by atoms with Crippen molar-refractivity contribution in [2.45, 2.75) is 45.6 Å². The van der Waals surface area contributed by atoms with Crippen LogP contribution in [0.2, 0.25) is 0 Å². The minimum absolute atomic E-state index is 0. The van der Waals surface area contributed by atoms with Crippen molar-refractivity contribution in [2.24, 2.45) is 0 Å². The number of halogens is 1. The summed E-state index contributed by atoms with van der Waals surface area (Å²) in [5, 5.41) is 0. The van der Waals surface area contributed by atoms with Crippen molar-refractivity contribution in [1.29, 1.82) is 0 Å². The number of aryl methyl sites for hydroxylation is 1. The van der Waals surface area contributed by atoms with Crippen molar-refractivity contribution < 1.29 is 28.5 Å². The van der Waals surface area contributed by atoms with Crippen molar-refractivity contribution >= 4 is 6.08 Å². The third-order valence-corrected chi connectivity index (χ3v) is 2.69. The molecule has 1 nitrogen and oxygen atoms in total. The highest BCUT2D eigenvalue weighted by Gasteiger charge is 2.04. The Morgan fingerprint density at radius 2 is 1.94 bits per heavy atom. The zero-order valence-corrected chi connectivity index (χ0v) is 12.3. The summed E-state index contributed by atoms with van der Waals surface area (Å²) in [6, 6.07) is 6.25. The van der Waals surface area contributed by atoms with E-state index in [1.165, 1.54) is 37.8 Å². The third kappa shape index (κ3) is 5.64. The first-order valence-corrected chi connectivity index (χ1v) is 5.99. The molecule has 0 saturated heterocycles. The molecule has 1 heterocycles. The topological polar surface area (TPSA) is 3.88 Å². The average Bonchev–Trinajstić information content (AvgIpc) is 2.29. The number of hydrogen-bond acceptors (Lipinski definition) is 0. The number of nitrogens with zero attached hydrogens (tertiary/aromatic N) is 1. The molecule has 0 unspecified atom stereocenters. The van der Waals surface area contributed by atoms with Crippen LogP contribution < -0.4 is 28.5 Å². The summed E-state index contributed by atoms with van der Waals surface area (Å²) in [5.74, 6) is 0. The van der Waals surface area contributed by atoms with Crippen LogP contribution in [0.1, 0.15) is 44.7 Å². The molecule has 0 aromatic carbocycles. The van der Waals surface area contributed by atoms with Gasteiger partial charge in [0, 0.05) is 24.6 Å². The molecule has 0 atom stereocenters. The number of hydrogen-bond donors (Lipinski definition) is 0. The summed E-state index contributed by atoms with van der Waals surface area (Å²) in [4.78, 5) is 0. The van der Waals surface area contributed by atoms with Crippen molar-refractivity contribution in [2.75, 3.05) is 0 Å². The first kappa shape index (κ1) is 15.6. The second-order valence-electron chi connectivity index (χ2n) is 3.94. The fourth-order valence-electron chi connectivity index (χ4n) is 1.76. The molecule has 90 valence electrons. The summed E-state index contributed by atoms with van der Waals surface area (Å²) < 4.78 is 2.28. The lowest BCUT2D eigenvalue weighted by atomic mass is 10.1. The average molecular weight is 331 g/mol. The highest BCUT2D eigenvalue weighted by atomic mass is 127. The Morgan fingerprint density at radius 1 is 1.19 bits per heavy atom. The second-order valence-corrected chi connectivity index (χ2v) is 3.94. The molecule has 0 aliphatic rings. The van der Waals surface area contributed by atoms with Gasteiger partial charge >= 0.3 is 0 Å². The van der Waals surface area contributed by atoms with E-state index in [0.29, 0.717) is 0 Å². The molecule has 0 aliphatic carbocycles. The number of unbranched alkanes of at least 4 members (excludes halogenated alkanes) is 4. The van der Waals surface area contributed by atoms with Gasteiger partial charge in [0.2, 0.25) is 5.69 Å². The molecular weight excluding hydrogens is 309 g/mol. The summed E-state index contributed by atoms with van der Waals surface area (Å²) in [6.07, 6.45) is 10.7. The molecular formula is C14H22IN. The first-order valence-electron chi connectivity index (χ1n) is 5.99. The molecule has 0 fully saturated rings. The summed E-state index contributed by atoms with van der Waals surface area (Å²) in [7, 11) is 0. The Kier molecular flexibility index (Phi) is 9.59. The van der Waals surface area contributed by atoms with E-state index in [-0.39, 0.29) is 24.0 Å². The lowest BCUT2D eigenvalue weighted by Gasteiger charge is -2.00. The standard InChI is InChI=1S/C14H22N.HI/c1-3-5-6-7-9-12-15-13-10-8-11-14(15)4-2;/h4,8,10-11,13H,2-3,5-7,9,12H2,1H3;1H/q+1;/p-1. The van der Waals surface area contributed by atoms with Gasteiger partial charge in [-0.05, 0) is 12.5 Å². The molecule has 1 aromatic heterocycles. The van der Waals surface area contributed by atoms with Crippen LogP contribution in [-0.4, -0.2) is 0 Å². The van der Waals surface area contributed by atoms with E-state index in [9.17, 15) is 0 Å². The lowest BCUT2D eigenvalue weighted by molar-refractivity contribution is -0.699. The fraction of sp³-hybridized carbons (Fsp3) is 0.500. The zero-order valence-electron chi connectivity index (χ0n) is 10.2. The van der Waals surface area contributed by atoms with Gasteiger partial charge in [-0.25, -0.2) is 0 Å². The Labute approximate surface area is 117 Å². The van der Waals surface area contributed by atoms with Crippen LogP contribution in [0.25, 0.3) is 6.08 Å². The lowest BCUT2D eigenvalue weighted by Crippen LogP contribution is -3.00. The summed E-state index contributed by atoms with van der Waals surface area (Å²) >= 11 is 0. The Bertz CT molecular complexity index is 297. The van der Waals surface area contributed by atoms with Crippen molar-refractivity contribution in [3.63, 3.8) is 0 Å². The van der Waals surface area contributed by atoms with Crippen LogP contribution in [0.4, 0.5) is 0 Å². The van der Waals surface area contributed by atoms with Gasteiger partial charge in [0.1, 0.15) is 6.54 Å². The SMILES string of the molecule is C=Cc1cccc[n+]1CCCCCCC.[I-]. The van der Waals surface area contributed by atoms with Crippen LogP contribution in [0, 0.1) is 0 Å². The van der Waals surface area contributed by atoms with Crippen LogP contribution in [-0.2, 0) is 6.54 Å². The number of rotatable bonds is 7. The molecule has 0 bridgehead atoms. The second kappa shape index (κ2) is 9.82. The Hall–Kier alpha value is -0.380.